The number of ether oxygens (including phenoxy) is 1. The van der Waals surface area contributed by atoms with Crippen molar-refractivity contribution in [2.24, 2.45) is 0 Å². The quantitative estimate of drug-likeness (QED) is 0.356. The van der Waals surface area contributed by atoms with Crippen LogP contribution in [0, 0.1) is 0 Å². The molecule has 3 N–H and O–H groups in total. The van der Waals surface area contributed by atoms with Crippen LogP contribution in [-0.2, 0) is 12.7 Å². The zero-order valence-corrected chi connectivity index (χ0v) is 19.0. The third-order valence-electron chi connectivity index (χ3n) is 5.77. The molecule has 2 aromatic heterocycles. The number of para-hydroxylation sites is 2. The molecule has 1 amide bonds. The average Bonchev–Trinajstić information content (AvgIpc) is 3.16. The van der Waals surface area contributed by atoms with Crippen molar-refractivity contribution < 1.29 is 22.7 Å². The van der Waals surface area contributed by atoms with Gasteiger partial charge in [-0.3, -0.25) is 9.36 Å². The van der Waals surface area contributed by atoms with Crippen molar-refractivity contribution in [2.45, 2.75) is 12.7 Å². The Hall–Kier alpha value is -4.60. The van der Waals surface area contributed by atoms with Gasteiger partial charge in [0.15, 0.2) is 5.65 Å². The Morgan fingerprint density at radius 2 is 1.69 bits per heavy atom. The highest BCUT2D eigenvalue weighted by atomic mass is 19.4. The zero-order valence-electron chi connectivity index (χ0n) is 19.0. The molecule has 0 bridgehead atoms. The maximum atomic E-state index is 13.4. The number of anilines is 1. The number of hydrogen-bond acceptors (Lipinski definition) is 5. The van der Waals surface area contributed by atoms with Crippen molar-refractivity contribution in [3.05, 3.63) is 89.5 Å². The van der Waals surface area contributed by atoms with Gasteiger partial charge in [-0.1, -0.05) is 30.3 Å². The number of alkyl halides is 3. The van der Waals surface area contributed by atoms with E-state index in [1.54, 1.807) is 43.5 Å². The number of methoxy groups -OCH3 is 1. The van der Waals surface area contributed by atoms with Gasteiger partial charge in [0, 0.05) is 12.2 Å². The maximum absolute atomic E-state index is 13.4. The minimum atomic E-state index is -4.55. The number of aromatic nitrogens is 3. The monoisotopic (exact) mass is 491 g/mol. The molecule has 36 heavy (non-hydrogen) atoms. The van der Waals surface area contributed by atoms with Crippen molar-refractivity contribution in [3.63, 3.8) is 0 Å². The first-order chi connectivity index (χ1) is 17.3. The van der Waals surface area contributed by atoms with Gasteiger partial charge in [0.2, 0.25) is 0 Å². The van der Waals surface area contributed by atoms with Gasteiger partial charge in [-0.2, -0.15) is 13.2 Å². The highest BCUT2D eigenvalue weighted by Gasteiger charge is 2.31. The summed E-state index contributed by atoms with van der Waals surface area (Å²) >= 11 is 0. The number of nitrogens with one attached hydrogen (secondary N) is 1. The molecule has 0 aliphatic heterocycles. The number of benzene rings is 3. The molecule has 2 heterocycles. The molecule has 0 saturated carbocycles. The van der Waals surface area contributed by atoms with Crippen LogP contribution in [-0.4, -0.2) is 27.6 Å². The van der Waals surface area contributed by atoms with E-state index in [1.807, 2.05) is 12.1 Å². The Morgan fingerprint density at radius 3 is 2.36 bits per heavy atom. The molecular formula is C26H20F3N5O2. The number of nitrogens with two attached hydrogens (primary N) is 1. The van der Waals surface area contributed by atoms with Gasteiger partial charge < -0.3 is 15.8 Å². The summed E-state index contributed by atoms with van der Waals surface area (Å²) in [7, 11) is 1.56. The van der Waals surface area contributed by atoms with Gasteiger partial charge in [0.1, 0.15) is 22.6 Å². The van der Waals surface area contributed by atoms with Crippen LogP contribution < -0.4 is 15.8 Å². The lowest BCUT2D eigenvalue weighted by Crippen LogP contribution is -2.24. The first-order valence-corrected chi connectivity index (χ1v) is 10.9. The van der Waals surface area contributed by atoms with Crippen LogP contribution in [0.4, 0.5) is 19.0 Å². The van der Waals surface area contributed by atoms with Gasteiger partial charge in [0.05, 0.1) is 23.7 Å². The summed E-state index contributed by atoms with van der Waals surface area (Å²) in [5, 5.41) is 2.81. The molecule has 0 atom stereocenters. The Balaban J connectivity index is 1.63. The number of hydrogen-bond donors (Lipinski definition) is 2. The van der Waals surface area contributed by atoms with Crippen LogP contribution in [0.5, 0.6) is 5.75 Å². The second kappa shape index (κ2) is 8.88. The summed E-state index contributed by atoms with van der Waals surface area (Å²) in [4.78, 5) is 22.5. The molecular weight excluding hydrogens is 471 g/mol. The number of carbonyl (C=O) groups excluding carboxylic acids is 1. The van der Waals surface area contributed by atoms with Gasteiger partial charge in [0.25, 0.3) is 5.91 Å². The van der Waals surface area contributed by atoms with Crippen molar-refractivity contribution in [1.29, 1.82) is 0 Å². The lowest BCUT2D eigenvalue weighted by Gasteiger charge is -2.12. The molecule has 0 saturated heterocycles. The molecule has 0 fully saturated rings. The number of rotatable bonds is 5. The van der Waals surface area contributed by atoms with Crippen LogP contribution in [0.25, 0.3) is 27.9 Å². The summed E-state index contributed by atoms with van der Waals surface area (Å²) in [6.07, 6.45) is -4.55. The number of carbonyl (C=O) groups is 1. The Morgan fingerprint density at radius 1 is 1.00 bits per heavy atom. The topological polar surface area (TPSA) is 95.1 Å². The van der Waals surface area contributed by atoms with Crippen molar-refractivity contribution >= 4 is 33.9 Å². The van der Waals surface area contributed by atoms with E-state index < -0.39 is 17.6 Å². The molecule has 0 unspecified atom stereocenters. The first-order valence-electron chi connectivity index (χ1n) is 10.9. The van der Waals surface area contributed by atoms with Gasteiger partial charge >= 0.3 is 6.18 Å². The number of halogens is 3. The number of nitrogens with zero attached hydrogens (tertiary/aromatic N) is 3. The normalized spacial score (nSPS) is 11.7. The minimum Gasteiger partial charge on any atom is -0.497 e. The first kappa shape index (κ1) is 23.2. The molecule has 0 aliphatic rings. The summed E-state index contributed by atoms with van der Waals surface area (Å²) in [6.45, 7) is 0.194. The van der Waals surface area contributed by atoms with Crippen LogP contribution in [0.3, 0.4) is 0 Å². The summed E-state index contributed by atoms with van der Waals surface area (Å²) < 4.78 is 46.7. The number of fused-ring (bicyclic) bond motifs is 2. The molecule has 5 rings (SSSR count). The van der Waals surface area contributed by atoms with E-state index in [-0.39, 0.29) is 34.8 Å². The smallest absolute Gasteiger partial charge is 0.416 e. The minimum absolute atomic E-state index is 0.0363. The molecule has 7 nitrogen and oxygen atoms in total. The molecule has 182 valence electrons. The lowest BCUT2D eigenvalue weighted by atomic mass is 10.2. The lowest BCUT2D eigenvalue weighted by molar-refractivity contribution is -0.137. The number of amides is 1. The molecule has 0 radical (unpaired) electrons. The van der Waals surface area contributed by atoms with E-state index >= 15 is 0 Å². The van der Waals surface area contributed by atoms with Crippen LogP contribution in [0.2, 0.25) is 0 Å². The number of nitrogen functional groups attached to an aromatic ring is 1. The van der Waals surface area contributed by atoms with Crippen LogP contribution in [0.15, 0.2) is 72.8 Å². The standard InChI is InChI=1S/C26H20F3N5O2/c1-36-18-11-9-15(10-12-18)14-31-25(35)21-22-24(33-20-8-3-2-7-19(20)32-22)34(23(21)30)17-6-4-5-16(13-17)26(27,28)29/h2-13H,14,30H2,1H3,(H,31,35). The van der Waals surface area contributed by atoms with Gasteiger partial charge in [-0.25, -0.2) is 9.97 Å². The van der Waals surface area contributed by atoms with Crippen LogP contribution >= 0.6 is 0 Å². The molecule has 3 aromatic carbocycles. The fourth-order valence-electron chi connectivity index (χ4n) is 3.98. The highest BCUT2D eigenvalue weighted by Crippen LogP contribution is 2.34. The van der Waals surface area contributed by atoms with Crippen molar-refractivity contribution in [2.75, 3.05) is 12.8 Å². The van der Waals surface area contributed by atoms with E-state index in [9.17, 15) is 18.0 Å². The fraction of sp³-hybridized carbons (Fsp3) is 0.115. The Kier molecular flexibility index (Phi) is 5.71. The van der Waals surface area contributed by atoms with E-state index in [1.165, 1.54) is 16.7 Å². The summed E-state index contributed by atoms with van der Waals surface area (Å²) in [5.74, 6) is 0.0936. The Labute approximate surface area is 203 Å². The Bertz CT molecular complexity index is 1590. The molecule has 0 spiro atoms. The van der Waals surface area contributed by atoms with E-state index in [2.05, 4.69) is 15.3 Å². The summed E-state index contributed by atoms with van der Waals surface area (Å²) in [5.41, 5.74) is 7.94. The van der Waals surface area contributed by atoms with Gasteiger partial charge in [-0.05, 0) is 48.0 Å². The van der Waals surface area contributed by atoms with Gasteiger partial charge in [-0.15, -0.1) is 0 Å². The maximum Gasteiger partial charge on any atom is 0.416 e. The fourth-order valence-corrected chi connectivity index (χ4v) is 3.98. The molecule has 5 aromatic rings. The zero-order chi connectivity index (χ0) is 25.4. The second-order valence-electron chi connectivity index (χ2n) is 8.06. The predicted molar refractivity (Wildman–Crippen MR) is 130 cm³/mol. The molecule has 0 aliphatic carbocycles. The van der Waals surface area contributed by atoms with Crippen molar-refractivity contribution in [1.82, 2.24) is 19.9 Å². The van der Waals surface area contributed by atoms with Crippen molar-refractivity contribution in [3.8, 4) is 11.4 Å². The third-order valence-corrected chi connectivity index (χ3v) is 5.77. The third kappa shape index (κ3) is 4.17. The predicted octanol–water partition coefficient (Wildman–Crippen LogP) is 5.11. The van der Waals surface area contributed by atoms with E-state index in [0.29, 0.717) is 16.8 Å². The average molecular weight is 491 g/mol. The second-order valence-corrected chi connectivity index (χ2v) is 8.06. The van der Waals surface area contributed by atoms with E-state index in [4.69, 9.17) is 10.5 Å². The largest absolute Gasteiger partial charge is 0.497 e. The molecule has 10 heteroatoms. The summed E-state index contributed by atoms with van der Waals surface area (Å²) in [6, 6.07) is 18.8. The van der Waals surface area contributed by atoms with E-state index in [0.717, 1.165) is 17.7 Å². The SMILES string of the molecule is COc1ccc(CNC(=O)c2c(N)n(-c3cccc(C(F)(F)F)c3)c3nc4ccccc4nc23)cc1. The van der Waals surface area contributed by atoms with Crippen LogP contribution in [0.1, 0.15) is 21.5 Å². The highest BCUT2D eigenvalue weighted by molar-refractivity contribution is 6.11.